The van der Waals surface area contributed by atoms with Crippen LogP contribution in [-0.2, 0) is 21.8 Å². The second kappa shape index (κ2) is 17.1. The van der Waals surface area contributed by atoms with Crippen LogP contribution in [-0.4, -0.2) is 0 Å². The maximum absolute atomic E-state index is 2.57. The second-order valence-electron chi connectivity index (χ2n) is 24.2. The highest BCUT2D eigenvalue weighted by Gasteiger charge is 2.57. The van der Waals surface area contributed by atoms with Gasteiger partial charge in [0, 0.05) is 25.5 Å². The lowest BCUT2D eigenvalue weighted by molar-refractivity contribution is -0.765. The minimum absolute atomic E-state index is 0.0393. The van der Waals surface area contributed by atoms with Crippen LogP contribution in [0.3, 0.4) is 0 Å². The summed E-state index contributed by atoms with van der Waals surface area (Å²) in [6.45, 7) is 9.66. The van der Waals surface area contributed by atoms with Gasteiger partial charge in [-0.15, -0.1) is 0 Å². The van der Waals surface area contributed by atoms with Gasteiger partial charge in [0.05, 0.1) is 21.8 Å². The van der Waals surface area contributed by atoms with Gasteiger partial charge in [-0.3, -0.25) is 0 Å². The molecule has 2 unspecified atom stereocenters. The zero-order valence-corrected chi connectivity index (χ0v) is 46.8. The topological polar surface area (TPSA) is 3.88 Å². The van der Waals surface area contributed by atoms with Gasteiger partial charge < -0.3 is 0 Å². The molecular formula is C81H60N+. The van der Waals surface area contributed by atoms with Gasteiger partial charge in [-0.1, -0.05) is 214 Å². The van der Waals surface area contributed by atoms with Crippen molar-refractivity contribution in [3.63, 3.8) is 0 Å². The summed E-state index contributed by atoms with van der Waals surface area (Å²) in [5.41, 5.74) is 34.1. The Labute approximate surface area is 481 Å². The monoisotopic (exact) mass is 1050 g/mol. The van der Waals surface area contributed by atoms with Crippen molar-refractivity contribution >= 4 is 0 Å². The lowest BCUT2D eigenvalue weighted by atomic mass is 9.60. The van der Waals surface area contributed by atoms with Crippen molar-refractivity contribution in [3.8, 4) is 100 Å². The van der Waals surface area contributed by atoms with E-state index in [1.807, 2.05) is 0 Å². The van der Waals surface area contributed by atoms with Gasteiger partial charge in [0.15, 0.2) is 11.7 Å². The summed E-state index contributed by atoms with van der Waals surface area (Å²) in [4.78, 5) is 0. The number of aromatic nitrogens is 1. The van der Waals surface area contributed by atoms with Crippen molar-refractivity contribution in [2.45, 2.75) is 62.3 Å². The Morgan fingerprint density at radius 2 is 0.598 bits per heavy atom. The van der Waals surface area contributed by atoms with Crippen LogP contribution in [0.15, 0.2) is 267 Å². The van der Waals surface area contributed by atoms with Gasteiger partial charge in [0.25, 0.3) is 0 Å². The standard InChI is InChI=1S/C81H60N/c1-5-78(3)68-42-39-53(48-67(68)77-36-19-20-43-82(77)79(78,4)6-2)51-22-21-23-52(44-51)56-45-57(54-37-40-65-63-28-11-17-34-73(63)80(75(65)49-54)69-30-13-7-24-59(69)60-25-8-14-31-70(60)80)47-58(46-56)55-38-41-66-64-29-12-18-35-74(64)81(76(66)50-55)71-32-15-9-26-61(71)62-27-10-16-33-72(62)81/h7-50H,5-6H2,1-4H3/q+1. The molecule has 388 valence electrons. The fourth-order valence-electron chi connectivity index (χ4n) is 16.8. The van der Waals surface area contributed by atoms with E-state index in [-0.39, 0.29) is 11.0 Å². The fourth-order valence-corrected chi connectivity index (χ4v) is 16.8. The molecular weight excluding hydrogens is 987 g/mol. The Morgan fingerprint density at radius 1 is 0.256 bits per heavy atom. The van der Waals surface area contributed by atoms with Crippen LogP contribution >= 0.6 is 0 Å². The van der Waals surface area contributed by atoms with Crippen LogP contribution in [0.1, 0.15) is 90.6 Å². The highest BCUT2D eigenvalue weighted by molar-refractivity contribution is 5.99. The molecule has 2 atom stereocenters. The first kappa shape index (κ1) is 47.4. The Hall–Kier alpha value is -9.43. The molecule has 0 N–H and O–H groups in total. The van der Waals surface area contributed by atoms with Gasteiger partial charge in [0.2, 0.25) is 5.69 Å². The molecule has 1 heteroatoms. The molecule has 1 aromatic heterocycles. The normalized spacial score (nSPS) is 17.9. The molecule has 1 aliphatic heterocycles. The smallest absolute Gasteiger partial charge is 0.192 e. The number of nitrogens with zero attached hydrogens (tertiary/aromatic N) is 1. The number of hydrogen-bond donors (Lipinski definition) is 0. The van der Waals surface area contributed by atoms with E-state index in [0.717, 1.165) is 12.8 Å². The van der Waals surface area contributed by atoms with Crippen LogP contribution in [0, 0.1) is 0 Å². The van der Waals surface area contributed by atoms with E-state index in [0.29, 0.717) is 0 Å². The summed E-state index contributed by atoms with van der Waals surface area (Å²) in [5.74, 6) is 0. The highest BCUT2D eigenvalue weighted by atomic mass is 15.1. The molecule has 0 saturated heterocycles. The van der Waals surface area contributed by atoms with Crippen molar-refractivity contribution in [1.82, 2.24) is 0 Å². The van der Waals surface area contributed by atoms with Crippen molar-refractivity contribution in [1.29, 1.82) is 0 Å². The molecule has 82 heavy (non-hydrogen) atoms. The van der Waals surface area contributed by atoms with Gasteiger partial charge >= 0.3 is 0 Å². The molecule has 1 nitrogen and oxygen atoms in total. The zero-order valence-electron chi connectivity index (χ0n) is 46.8. The Bertz CT molecular complexity index is 4380. The van der Waals surface area contributed by atoms with E-state index in [1.54, 1.807) is 0 Å². The molecule has 17 rings (SSSR count). The van der Waals surface area contributed by atoms with E-state index in [4.69, 9.17) is 0 Å². The first-order chi connectivity index (χ1) is 40.3. The third-order valence-corrected chi connectivity index (χ3v) is 21.0. The molecule has 0 bridgehead atoms. The van der Waals surface area contributed by atoms with E-state index in [2.05, 4.69) is 299 Å². The third-order valence-electron chi connectivity index (χ3n) is 21.0. The molecule has 11 aromatic carbocycles. The highest BCUT2D eigenvalue weighted by Crippen LogP contribution is 2.65. The molecule has 5 aliphatic rings. The van der Waals surface area contributed by atoms with Crippen LogP contribution in [0.2, 0.25) is 0 Å². The van der Waals surface area contributed by atoms with E-state index in [1.165, 1.54) is 150 Å². The SMILES string of the molecule is CCC1(C)c2ccc(-c3cccc(-c4cc(-c5ccc6c(c5)C5(c7ccccc7-c7ccccc75)c5ccccc5-6)cc(-c5ccc6c(c5)C5(c7ccccc7-c7ccccc75)c5ccccc5-6)c4)c3)cc2-c2cccc[n+]2C1(C)CC. The fraction of sp³-hybridized carbons (Fsp3) is 0.123. The van der Waals surface area contributed by atoms with Crippen molar-refractivity contribution in [3.05, 3.63) is 317 Å². The summed E-state index contributed by atoms with van der Waals surface area (Å²) < 4.78 is 2.57. The third kappa shape index (κ3) is 5.95. The largest absolute Gasteiger partial charge is 0.213 e. The van der Waals surface area contributed by atoms with E-state index < -0.39 is 10.8 Å². The second-order valence-corrected chi connectivity index (χ2v) is 24.2. The van der Waals surface area contributed by atoms with Crippen LogP contribution < -0.4 is 4.57 Å². The summed E-state index contributed by atoms with van der Waals surface area (Å²) in [6.07, 6.45) is 4.41. The van der Waals surface area contributed by atoms with Crippen molar-refractivity contribution in [2.75, 3.05) is 0 Å². The maximum atomic E-state index is 2.57. The number of rotatable bonds is 6. The maximum Gasteiger partial charge on any atom is 0.213 e. The molecule has 0 fully saturated rings. The lowest BCUT2D eigenvalue weighted by Crippen LogP contribution is -2.67. The Balaban J connectivity index is 0.879. The summed E-state index contributed by atoms with van der Waals surface area (Å²) >= 11 is 0. The molecule has 12 aromatic rings. The number of benzene rings is 11. The number of hydrogen-bond acceptors (Lipinski definition) is 0. The average molecular weight is 1050 g/mol. The summed E-state index contributed by atoms with van der Waals surface area (Å²) in [7, 11) is 0. The lowest BCUT2D eigenvalue weighted by Gasteiger charge is -2.46. The minimum atomic E-state index is -0.446. The van der Waals surface area contributed by atoms with E-state index >= 15 is 0 Å². The van der Waals surface area contributed by atoms with Crippen LogP contribution in [0.4, 0.5) is 0 Å². The minimum Gasteiger partial charge on any atom is -0.192 e. The molecule has 0 saturated carbocycles. The number of fused-ring (bicyclic) bond motifs is 23. The first-order valence-electron chi connectivity index (χ1n) is 29.6. The van der Waals surface area contributed by atoms with Crippen LogP contribution in [0.25, 0.3) is 100 Å². The van der Waals surface area contributed by atoms with Crippen molar-refractivity contribution < 1.29 is 4.57 Å². The Morgan fingerprint density at radius 3 is 1.01 bits per heavy atom. The van der Waals surface area contributed by atoms with Gasteiger partial charge in [-0.25, -0.2) is 0 Å². The van der Waals surface area contributed by atoms with E-state index in [9.17, 15) is 0 Å². The molecule has 2 spiro atoms. The zero-order chi connectivity index (χ0) is 54.7. The Kier molecular flexibility index (Phi) is 9.85. The van der Waals surface area contributed by atoms with Gasteiger partial charge in [0.1, 0.15) is 0 Å². The number of pyridine rings is 1. The summed E-state index contributed by atoms with van der Waals surface area (Å²) in [6, 6.07) is 100. The van der Waals surface area contributed by atoms with Gasteiger partial charge in [-0.05, 0) is 201 Å². The summed E-state index contributed by atoms with van der Waals surface area (Å²) in [5, 5.41) is 0. The predicted octanol–water partition coefficient (Wildman–Crippen LogP) is 19.8. The van der Waals surface area contributed by atoms with Gasteiger partial charge in [-0.2, -0.15) is 4.57 Å². The average Bonchev–Trinajstić information content (AvgIpc) is 2.91. The quantitative estimate of drug-likeness (QED) is 0.146. The van der Waals surface area contributed by atoms with Crippen molar-refractivity contribution in [2.24, 2.45) is 0 Å². The predicted molar refractivity (Wildman–Crippen MR) is 338 cm³/mol. The molecule has 4 aliphatic carbocycles. The first-order valence-corrected chi connectivity index (χ1v) is 29.6. The molecule has 0 radical (unpaired) electrons. The molecule has 2 heterocycles. The molecule has 0 amide bonds. The van der Waals surface area contributed by atoms with Crippen LogP contribution in [0.5, 0.6) is 0 Å².